The van der Waals surface area contributed by atoms with Crippen molar-refractivity contribution in [2.24, 2.45) is 0 Å². The molecular formula is C11H9ClN2O4S2. The second kappa shape index (κ2) is 5.88. The lowest BCUT2D eigenvalue weighted by Crippen LogP contribution is -2.23. The Kier molecular flexibility index (Phi) is 4.39. The van der Waals surface area contributed by atoms with Gasteiger partial charge in [-0.25, -0.2) is 17.9 Å². The van der Waals surface area contributed by atoms with Gasteiger partial charge in [0, 0.05) is 17.6 Å². The highest BCUT2D eigenvalue weighted by Gasteiger charge is 2.18. The molecule has 0 atom stereocenters. The number of halogens is 1. The van der Waals surface area contributed by atoms with Gasteiger partial charge in [-0.2, -0.15) is 0 Å². The number of carboxylic acids is 1. The number of aromatic carboxylic acids is 1. The number of carbonyl (C=O) groups is 1. The van der Waals surface area contributed by atoms with E-state index >= 15 is 0 Å². The van der Waals surface area contributed by atoms with E-state index in [2.05, 4.69) is 9.71 Å². The largest absolute Gasteiger partial charge is 0.478 e. The molecule has 0 spiro atoms. The number of benzene rings is 1. The lowest BCUT2D eigenvalue weighted by Gasteiger charge is -2.07. The molecule has 9 heteroatoms. The highest BCUT2D eigenvalue weighted by molar-refractivity contribution is 7.89. The molecule has 2 rings (SSSR count). The van der Waals surface area contributed by atoms with Crippen molar-refractivity contribution in [2.45, 2.75) is 11.4 Å². The van der Waals surface area contributed by atoms with E-state index in [0.29, 0.717) is 0 Å². The van der Waals surface area contributed by atoms with Crippen LogP contribution in [0.4, 0.5) is 0 Å². The summed E-state index contributed by atoms with van der Waals surface area (Å²) in [7, 11) is -3.80. The average molecular weight is 333 g/mol. The normalized spacial score (nSPS) is 11.4. The lowest BCUT2D eigenvalue weighted by molar-refractivity contribution is 0.0697. The summed E-state index contributed by atoms with van der Waals surface area (Å²) in [5.41, 5.74) is 1.33. The van der Waals surface area contributed by atoms with E-state index in [1.54, 1.807) is 11.7 Å². The molecule has 0 unspecified atom stereocenters. The molecule has 6 nitrogen and oxygen atoms in total. The molecule has 106 valence electrons. The summed E-state index contributed by atoms with van der Waals surface area (Å²) in [5.74, 6) is -1.28. The first-order chi connectivity index (χ1) is 9.40. The molecule has 2 N–H and O–H groups in total. The molecule has 0 aliphatic heterocycles. The number of rotatable bonds is 5. The molecule has 0 aliphatic rings. The average Bonchev–Trinajstić information content (AvgIpc) is 2.89. The van der Waals surface area contributed by atoms with Crippen LogP contribution in [-0.4, -0.2) is 24.5 Å². The van der Waals surface area contributed by atoms with Gasteiger partial charge in [-0.15, -0.1) is 11.3 Å². The minimum absolute atomic E-state index is 0.0149. The van der Waals surface area contributed by atoms with Crippen molar-refractivity contribution in [2.75, 3.05) is 0 Å². The molecule has 1 aromatic carbocycles. The van der Waals surface area contributed by atoms with Gasteiger partial charge in [0.2, 0.25) is 10.0 Å². The molecule has 20 heavy (non-hydrogen) atoms. The van der Waals surface area contributed by atoms with Gasteiger partial charge in [-0.05, 0) is 18.2 Å². The highest BCUT2D eigenvalue weighted by atomic mass is 35.5. The molecule has 0 fully saturated rings. The Labute approximate surface area is 124 Å². The quantitative estimate of drug-likeness (QED) is 0.872. The van der Waals surface area contributed by atoms with Gasteiger partial charge < -0.3 is 5.11 Å². The fourth-order valence-corrected chi connectivity index (χ4v) is 3.27. The molecule has 0 amide bonds. The topological polar surface area (TPSA) is 96.4 Å². The van der Waals surface area contributed by atoms with E-state index < -0.39 is 16.0 Å². The third-order valence-corrected chi connectivity index (χ3v) is 4.91. The summed E-state index contributed by atoms with van der Waals surface area (Å²) in [5, 5.41) is 8.91. The fraction of sp³-hybridized carbons (Fsp3) is 0.0909. The van der Waals surface area contributed by atoms with Gasteiger partial charge in [0.25, 0.3) is 0 Å². The van der Waals surface area contributed by atoms with E-state index in [-0.39, 0.29) is 22.0 Å². The minimum atomic E-state index is -3.80. The number of sulfonamides is 1. The zero-order chi connectivity index (χ0) is 14.8. The standard InChI is InChI=1S/C11H9ClN2O4S2/c12-10-2-1-8(3-9(10)11(15)16)20(17,18)14-5-7-4-13-6-19-7/h1-4,6,14H,5H2,(H,15,16). The Morgan fingerprint density at radius 3 is 2.80 bits per heavy atom. The van der Waals surface area contributed by atoms with E-state index in [4.69, 9.17) is 16.7 Å². The number of nitrogens with zero attached hydrogens (tertiary/aromatic N) is 1. The van der Waals surface area contributed by atoms with Gasteiger partial charge >= 0.3 is 5.97 Å². The van der Waals surface area contributed by atoms with Crippen LogP contribution in [0.2, 0.25) is 5.02 Å². The summed E-state index contributed by atoms with van der Waals surface area (Å²) >= 11 is 7.01. The number of carboxylic acid groups (broad SMARTS) is 1. The number of thiazole rings is 1. The highest BCUT2D eigenvalue weighted by Crippen LogP contribution is 2.20. The molecule has 0 radical (unpaired) electrons. The van der Waals surface area contributed by atoms with Crippen LogP contribution in [-0.2, 0) is 16.6 Å². The monoisotopic (exact) mass is 332 g/mol. The van der Waals surface area contributed by atoms with Gasteiger partial charge in [-0.3, -0.25) is 4.98 Å². The third kappa shape index (κ3) is 3.34. The van der Waals surface area contributed by atoms with Gasteiger partial charge in [0.1, 0.15) is 0 Å². The summed E-state index contributed by atoms with van der Waals surface area (Å²) in [6.07, 6.45) is 1.55. The van der Waals surface area contributed by atoms with Crippen LogP contribution >= 0.6 is 22.9 Å². The Morgan fingerprint density at radius 1 is 1.45 bits per heavy atom. The number of hydrogen-bond acceptors (Lipinski definition) is 5. The molecule has 0 saturated heterocycles. The molecule has 1 aromatic heterocycles. The molecule has 0 bridgehead atoms. The molecule has 2 aromatic rings. The maximum Gasteiger partial charge on any atom is 0.337 e. The summed E-state index contributed by atoms with van der Waals surface area (Å²) in [6.45, 7) is 0.0953. The van der Waals surface area contributed by atoms with Crippen LogP contribution in [0.1, 0.15) is 15.2 Å². The van der Waals surface area contributed by atoms with Crippen LogP contribution in [0.15, 0.2) is 34.8 Å². The summed E-state index contributed by atoms with van der Waals surface area (Å²) in [4.78, 5) is 15.4. The SMILES string of the molecule is O=C(O)c1cc(S(=O)(=O)NCc2cncs2)ccc1Cl. The van der Waals surface area contributed by atoms with E-state index in [0.717, 1.165) is 10.9 Å². The molecular weight excluding hydrogens is 324 g/mol. The first-order valence-electron chi connectivity index (χ1n) is 5.30. The maximum absolute atomic E-state index is 12.1. The van der Waals surface area contributed by atoms with Crippen LogP contribution < -0.4 is 4.72 Å². The zero-order valence-corrected chi connectivity index (χ0v) is 12.3. The van der Waals surface area contributed by atoms with Crippen LogP contribution in [0.25, 0.3) is 0 Å². The Bertz CT molecular complexity index is 729. The van der Waals surface area contributed by atoms with Gasteiger partial charge in [-0.1, -0.05) is 11.6 Å². The smallest absolute Gasteiger partial charge is 0.337 e. The zero-order valence-electron chi connectivity index (χ0n) is 9.91. The van der Waals surface area contributed by atoms with Crippen molar-refractivity contribution < 1.29 is 18.3 Å². The van der Waals surface area contributed by atoms with Crippen LogP contribution in [0.5, 0.6) is 0 Å². The van der Waals surface area contributed by atoms with Crippen LogP contribution in [0.3, 0.4) is 0 Å². The number of aromatic nitrogens is 1. The Hall–Kier alpha value is -1.48. The first kappa shape index (κ1) is 14.9. The maximum atomic E-state index is 12.1. The van der Waals surface area contributed by atoms with Crippen molar-refractivity contribution in [3.05, 3.63) is 45.4 Å². The van der Waals surface area contributed by atoms with Gasteiger partial charge in [0.05, 0.1) is 21.0 Å². The fourth-order valence-electron chi connectivity index (χ4n) is 1.41. The Morgan fingerprint density at radius 2 is 2.20 bits per heavy atom. The van der Waals surface area contributed by atoms with Gasteiger partial charge in [0.15, 0.2) is 0 Å². The summed E-state index contributed by atoms with van der Waals surface area (Å²) in [6, 6.07) is 3.52. The van der Waals surface area contributed by atoms with E-state index in [1.807, 2.05) is 0 Å². The van der Waals surface area contributed by atoms with Crippen molar-refractivity contribution in [1.29, 1.82) is 0 Å². The van der Waals surface area contributed by atoms with Crippen molar-refractivity contribution in [1.82, 2.24) is 9.71 Å². The molecule has 0 aliphatic carbocycles. The first-order valence-corrected chi connectivity index (χ1v) is 8.04. The second-order valence-corrected chi connectivity index (χ2v) is 6.88. The van der Waals surface area contributed by atoms with E-state index in [1.165, 1.54) is 23.5 Å². The summed E-state index contributed by atoms with van der Waals surface area (Å²) < 4.78 is 26.5. The van der Waals surface area contributed by atoms with E-state index in [9.17, 15) is 13.2 Å². The van der Waals surface area contributed by atoms with Crippen molar-refractivity contribution >= 4 is 38.9 Å². The predicted octanol–water partition coefficient (Wildman–Crippen LogP) is 1.97. The van der Waals surface area contributed by atoms with Crippen molar-refractivity contribution in [3.8, 4) is 0 Å². The molecule has 0 saturated carbocycles. The second-order valence-electron chi connectivity index (χ2n) is 3.74. The minimum Gasteiger partial charge on any atom is -0.478 e. The lowest BCUT2D eigenvalue weighted by atomic mass is 10.2. The number of hydrogen-bond donors (Lipinski definition) is 2. The predicted molar refractivity (Wildman–Crippen MR) is 74.6 cm³/mol. The third-order valence-electron chi connectivity index (χ3n) is 2.40. The number of nitrogens with one attached hydrogen (secondary N) is 1. The van der Waals surface area contributed by atoms with Crippen molar-refractivity contribution in [3.63, 3.8) is 0 Å². The Balaban J connectivity index is 2.25. The molecule has 1 heterocycles. The van der Waals surface area contributed by atoms with Crippen LogP contribution in [0, 0.1) is 0 Å².